The summed E-state index contributed by atoms with van der Waals surface area (Å²) in [7, 11) is 0. The molecule has 7 nitrogen and oxygen atoms in total. The van der Waals surface area contributed by atoms with Crippen molar-refractivity contribution in [1.29, 1.82) is 0 Å². The summed E-state index contributed by atoms with van der Waals surface area (Å²) >= 11 is 6.06. The first-order valence-electron chi connectivity index (χ1n) is 10.9. The van der Waals surface area contributed by atoms with E-state index in [1.54, 1.807) is 13.1 Å². The van der Waals surface area contributed by atoms with E-state index >= 15 is 0 Å². The minimum absolute atomic E-state index is 0.0608. The van der Waals surface area contributed by atoms with Gasteiger partial charge in [0.1, 0.15) is 0 Å². The largest absolute Gasteiger partial charge is 0.368 e. The summed E-state index contributed by atoms with van der Waals surface area (Å²) in [6.07, 6.45) is 6.00. The number of halogens is 1. The first-order valence-corrected chi connectivity index (χ1v) is 11.3. The summed E-state index contributed by atoms with van der Waals surface area (Å²) in [4.78, 5) is 37.8. The Morgan fingerprint density at radius 1 is 1.06 bits per heavy atom. The van der Waals surface area contributed by atoms with Gasteiger partial charge in [-0.1, -0.05) is 23.7 Å². The topological polar surface area (TPSA) is 92.4 Å². The molecule has 0 radical (unpaired) electrons. The lowest BCUT2D eigenvalue weighted by Crippen LogP contribution is -2.46. The number of nitrogens with zero attached hydrogens (tertiary/aromatic N) is 4. The Morgan fingerprint density at radius 3 is 2.45 bits per heavy atom. The van der Waals surface area contributed by atoms with Gasteiger partial charge in [-0.2, -0.15) is 0 Å². The lowest BCUT2D eigenvalue weighted by Gasteiger charge is -2.40. The molecule has 2 N–H and O–H groups in total. The van der Waals surface area contributed by atoms with Crippen molar-refractivity contribution < 1.29 is 9.59 Å². The number of piperidine rings is 2. The molecule has 3 heterocycles. The minimum atomic E-state index is -0.136. The van der Waals surface area contributed by atoms with Crippen LogP contribution < -0.4 is 5.73 Å². The standard InChI is InChI=1S/C23H28ClN5O2/c1-15(30)28-12-9-17(10-13-28)22(31)29-11-3-2-4-20(29)21-19(14-26-23(25)27-21)16-5-7-18(24)8-6-16/h5-8,14,17,20H,2-4,9-13H2,1H3,(H2,25,26,27)/t20-/m1/s1. The number of hydrogen-bond acceptors (Lipinski definition) is 5. The molecular weight excluding hydrogens is 414 g/mol. The Morgan fingerprint density at radius 2 is 1.77 bits per heavy atom. The highest BCUT2D eigenvalue weighted by Gasteiger charge is 2.36. The van der Waals surface area contributed by atoms with Crippen LogP contribution >= 0.6 is 11.6 Å². The van der Waals surface area contributed by atoms with Gasteiger partial charge in [-0.15, -0.1) is 0 Å². The van der Waals surface area contributed by atoms with Crippen molar-refractivity contribution in [1.82, 2.24) is 19.8 Å². The number of nitrogens with two attached hydrogens (primary N) is 1. The third kappa shape index (κ3) is 4.66. The minimum Gasteiger partial charge on any atom is -0.368 e. The van der Waals surface area contributed by atoms with E-state index in [9.17, 15) is 9.59 Å². The molecule has 31 heavy (non-hydrogen) atoms. The molecule has 1 atom stereocenters. The number of carbonyl (C=O) groups excluding carboxylic acids is 2. The summed E-state index contributed by atoms with van der Waals surface area (Å²) in [6, 6.07) is 7.41. The molecule has 1 aromatic carbocycles. The van der Waals surface area contributed by atoms with Gasteiger partial charge in [-0.05, 0) is 49.8 Å². The maximum absolute atomic E-state index is 13.5. The quantitative estimate of drug-likeness (QED) is 0.784. The van der Waals surface area contributed by atoms with E-state index in [4.69, 9.17) is 17.3 Å². The summed E-state index contributed by atoms with van der Waals surface area (Å²) < 4.78 is 0. The number of hydrogen-bond donors (Lipinski definition) is 1. The second kappa shape index (κ2) is 9.22. The predicted octanol–water partition coefficient (Wildman–Crippen LogP) is 3.69. The van der Waals surface area contributed by atoms with Gasteiger partial charge in [-0.25, -0.2) is 9.97 Å². The number of rotatable bonds is 3. The third-order valence-electron chi connectivity index (χ3n) is 6.38. The Kier molecular flexibility index (Phi) is 6.41. The van der Waals surface area contributed by atoms with Gasteiger partial charge in [0, 0.05) is 49.3 Å². The number of anilines is 1. The number of carbonyl (C=O) groups is 2. The van der Waals surface area contributed by atoms with Crippen LogP contribution in [0.25, 0.3) is 11.1 Å². The molecule has 2 aliphatic heterocycles. The molecule has 8 heteroatoms. The molecule has 0 saturated carbocycles. The molecule has 0 unspecified atom stereocenters. The lowest BCUT2D eigenvalue weighted by molar-refractivity contribution is -0.143. The molecule has 2 amide bonds. The van der Waals surface area contributed by atoms with Crippen LogP contribution in [0.3, 0.4) is 0 Å². The van der Waals surface area contributed by atoms with Gasteiger partial charge in [0.15, 0.2) is 0 Å². The molecule has 2 aliphatic rings. The normalized spacial score (nSPS) is 20.0. The van der Waals surface area contributed by atoms with Crippen LogP contribution in [0.2, 0.25) is 5.02 Å². The highest BCUT2D eigenvalue weighted by atomic mass is 35.5. The predicted molar refractivity (Wildman–Crippen MR) is 120 cm³/mol. The van der Waals surface area contributed by atoms with E-state index in [1.165, 1.54) is 0 Å². The van der Waals surface area contributed by atoms with Crippen LogP contribution in [0.15, 0.2) is 30.5 Å². The SMILES string of the molecule is CC(=O)N1CCC(C(=O)N2CCCC[C@@H]2c2nc(N)ncc2-c2ccc(Cl)cc2)CC1. The van der Waals surface area contributed by atoms with Crippen LogP contribution in [-0.4, -0.2) is 51.2 Å². The maximum Gasteiger partial charge on any atom is 0.226 e. The molecule has 2 fully saturated rings. The molecule has 164 valence electrons. The van der Waals surface area contributed by atoms with Gasteiger partial charge < -0.3 is 15.5 Å². The van der Waals surface area contributed by atoms with Crippen LogP contribution in [0.5, 0.6) is 0 Å². The highest BCUT2D eigenvalue weighted by Crippen LogP contribution is 2.37. The Bertz CT molecular complexity index is 957. The summed E-state index contributed by atoms with van der Waals surface area (Å²) in [6.45, 7) is 3.57. The van der Waals surface area contributed by atoms with Crippen molar-refractivity contribution in [2.75, 3.05) is 25.4 Å². The smallest absolute Gasteiger partial charge is 0.226 e. The molecule has 2 aromatic rings. The van der Waals surface area contributed by atoms with E-state index in [-0.39, 0.29) is 29.7 Å². The van der Waals surface area contributed by atoms with Crippen molar-refractivity contribution in [3.63, 3.8) is 0 Å². The van der Waals surface area contributed by atoms with Gasteiger partial charge in [0.25, 0.3) is 0 Å². The summed E-state index contributed by atoms with van der Waals surface area (Å²) in [5.41, 5.74) is 8.58. The van der Waals surface area contributed by atoms with Crippen molar-refractivity contribution in [2.45, 2.75) is 45.1 Å². The average molecular weight is 442 g/mol. The zero-order valence-corrected chi connectivity index (χ0v) is 18.5. The number of likely N-dealkylation sites (tertiary alicyclic amines) is 2. The summed E-state index contributed by atoms with van der Waals surface area (Å²) in [5, 5.41) is 0.660. The number of aromatic nitrogens is 2. The maximum atomic E-state index is 13.5. The molecule has 4 rings (SSSR count). The fourth-order valence-electron chi connectivity index (χ4n) is 4.67. The van der Waals surface area contributed by atoms with Crippen molar-refractivity contribution in [3.8, 4) is 11.1 Å². The zero-order chi connectivity index (χ0) is 22.0. The summed E-state index contributed by atoms with van der Waals surface area (Å²) in [5.74, 6) is 0.382. The van der Waals surface area contributed by atoms with E-state index < -0.39 is 0 Å². The van der Waals surface area contributed by atoms with Crippen molar-refractivity contribution >= 4 is 29.4 Å². The fraction of sp³-hybridized carbons (Fsp3) is 0.478. The fourth-order valence-corrected chi connectivity index (χ4v) is 4.80. The van der Waals surface area contributed by atoms with Crippen LogP contribution in [0.4, 0.5) is 5.95 Å². The third-order valence-corrected chi connectivity index (χ3v) is 6.64. The van der Waals surface area contributed by atoms with Crippen LogP contribution in [0.1, 0.15) is 50.8 Å². The van der Waals surface area contributed by atoms with Gasteiger partial charge in [0.2, 0.25) is 17.8 Å². The molecule has 2 saturated heterocycles. The Labute approximate surface area is 187 Å². The number of amides is 2. The molecule has 1 aromatic heterocycles. The number of nitrogen functional groups attached to an aromatic ring is 1. The van der Waals surface area contributed by atoms with E-state index in [1.807, 2.05) is 34.1 Å². The average Bonchev–Trinajstić information content (AvgIpc) is 2.79. The molecule has 0 bridgehead atoms. The first kappa shape index (κ1) is 21.6. The lowest BCUT2D eigenvalue weighted by atomic mass is 9.90. The van der Waals surface area contributed by atoms with Crippen molar-refractivity contribution in [2.24, 2.45) is 5.92 Å². The Balaban J connectivity index is 1.62. The zero-order valence-electron chi connectivity index (χ0n) is 17.8. The van der Waals surface area contributed by atoms with E-state index in [0.29, 0.717) is 37.5 Å². The molecular formula is C23H28ClN5O2. The second-order valence-electron chi connectivity index (χ2n) is 8.36. The second-order valence-corrected chi connectivity index (χ2v) is 8.79. The van der Waals surface area contributed by atoms with Crippen LogP contribution in [-0.2, 0) is 9.59 Å². The van der Waals surface area contributed by atoms with E-state index in [0.717, 1.165) is 36.1 Å². The molecule has 0 spiro atoms. The van der Waals surface area contributed by atoms with Gasteiger partial charge >= 0.3 is 0 Å². The van der Waals surface area contributed by atoms with Gasteiger partial charge in [0.05, 0.1) is 11.7 Å². The highest BCUT2D eigenvalue weighted by molar-refractivity contribution is 6.30. The Hall–Kier alpha value is -2.67. The van der Waals surface area contributed by atoms with E-state index in [2.05, 4.69) is 9.97 Å². The van der Waals surface area contributed by atoms with Gasteiger partial charge in [-0.3, -0.25) is 9.59 Å². The van der Waals surface area contributed by atoms with Crippen molar-refractivity contribution in [3.05, 3.63) is 41.2 Å². The number of benzene rings is 1. The van der Waals surface area contributed by atoms with Crippen LogP contribution in [0, 0.1) is 5.92 Å². The monoisotopic (exact) mass is 441 g/mol. The first-order chi connectivity index (χ1) is 14.9. The molecule has 0 aliphatic carbocycles.